The van der Waals surface area contributed by atoms with Gasteiger partial charge in [0.15, 0.2) is 5.82 Å². The van der Waals surface area contributed by atoms with E-state index in [1.54, 1.807) is 6.33 Å². The SMILES string of the molecule is CCCCN(C)c1ncnc2c1NC(=O)CS2. The molecule has 2 rings (SSSR count). The Kier molecular flexibility index (Phi) is 3.83. The largest absolute Gasteiger partial charge is 0.358 e. The second-order valence-electron chi connectivity index (χ2n) is 3.99. The van der Waals surface area contributed by atoms with E-state index >= 15 is 0 Å². The van der Waals surface area contributed by atoms with Gasteiger partial charge in [-0.3, -0.25) is 4.79 Å². The molecular weight excluding hydrogens is 236 g/mol. The number of carbonyl (C=O) groups is 1. The summed E-state index contributed by atoms with van der Waals surface area (Å²) in [6.07, 6.45) is 3.80. The van der Waals surface area contributed by atoms with Gasteiger partial charge in [0, 0.05) is 13.6 Å². The fourth-order valence-electron chi connectivity index (χ4n) is 1.68. The van der Waals surface area contributed by atoms with E-state index < -0.39 is 0 Å². The molecule has 0 radical (unpaired) electrons. The van der Waals surface area contributed by atoms with Crippen molar-refractivity contribution in [1.29, 1.82) is 0 Å². The highest BCUT2D eigenvalue weighted by Crippen LogP contribution is 2.35. The van der Waals surface area contributed by atoms with Gasteiger partial charge in [0.05, 0.1) is 5.75 Å². The molecule has 1 aromatic heterocycles. The third-order valence-corrected chi connectivity index (χ3v) is 3.60. The molecule has 0 atom stereocenters. The Hall–Kier alpha value is -1.30. The minimum absolute atomic E-state index is 0.0161. The molecule has 0 fully saturated rings. The van der Waals surface area contributed by atoms with Gasteiger partial charge in [-0.15, -0.1) is 0 Å². The lowest BCUT2D eigenvalue weighted by Crippen LogP contribution is -2.26. The summed E-state index contributed by atoms with van der Waals surface area (Å²) in [6, 6.07) is 0. The summed E-state index contributed by atoms with van der Waals surface area (Å²) in [5, 5.41) is 3.72. The van der Waals surface area contributed by atoms with E-state index in [0.29, 0.717) is 5.75 Å². The summed E-state index contributed by atoms with van der Waals surface area (Å²) in [6.45, 7) is 3.08. The molecule has 0 aliphatic carbocycles. The van der Waals surface area contributed by atoms with Crippen LogP contribution in [0.4, 0.5) is 11.5 Å². The van der Waals surface area contributed by atoms with Crippen molar-refractivity contribution in [1.82, 2.24) is 9.97 Å². The molecule has 2 heterocycles. The second-order valence-corrected chi connectivity index (χ2v) is 4.95. The topological polar surface area (TPSA) is 58.1 Å². The molecule has 1 aromatic rings. The number of thioether (sulfide) groups is 1. The van der Waals surface area contributed by atoms with E-state index in [1.807, 2.05) is 7.05 Å². The van der Waals surface area contributed by atoms with E-state index in [1.165, 1.54) is 11.8 Å². The zero-order chi connectivity index (χ0) is 12.3. The van der Waals surface area contributed by atoms with Gasteiger partial charge in [-0.05, 0) is 6.42 Å². The first-order chi connectivity index (χ1) is 8.22. The Morgan fingerprint density at radius 3 is 3.12 bits per heavy atom. The van der Waals surface area contributed by atoms with Crippen LogP contribution in [0.2, 0.25) is 0 Å². The minimum Gasteiger partial charge on any atom is -0.358 e. The molecule has 1 aliphatic heterocycles. The molecule has 1 N–H and O–H groups in total. The van der Waals surface area contributed by atoms with Crippen molar-refractivity contribution in [3.05, 3.63) is 6.33 Å². The Balaban J connectivity index is 2.25. The molecule has 0 aromatic carbocycles. The van der Waals surface area contributed by atoms with Gasteiger partial charge in [-0.25, -0.2) is 9.97 Å². The molecule has 6 heteroatoms. The van der Waals surface area contributed by atoms with Gasteiger partial charge in [-0.2, -0.15) is 0 Å². The first kappa shape index (κ1) is 12.2. The molecule has 0 spiro atoms. The normalized spacial score (nSPS) is 14.1. The highest BCUT2D eigenvalue weighted by Gasteiger charge is 2.22. The van der Waals surface area contributed by atoms with Crippen molar-refractivity contribution in [2.45, 2.75) is 24.8 Å². The summed E-state index contributed by atoms with van der Waals surface area (Å²) in [4.78, 5) is 21.9. The van der Waals surface area contributed by atoms with Crippen LogP contribution in [0, 0.1) is 0 Å². The number of unbranched alkanes of at least 4 members (excludes halogenated alkanes) is 1. The van der Waals surface area contributed by atoms with Crippen LogP contribution in [0.25, 0.3) is 0 Å². The summed E-state index contributed by atoms with van der Waals surface area (Å²) in [7, 11) is 1.99. The standard InChI is InChI=1S/C11H16N4OS/c1-3-4-5-15(2)10-9-11(13-7-12-10)17-6-8(16)14-9/h7H,3-6H2,1-2H3,(H,14,16). The van der Waals surface area contributed by atoms with Gasteiger partial charge in [0.25, 0.3) is 0 Å². The lowest BCUT2D eigenvalue weighted by Gasteiger charge is -2.24. The molecule has 0 unspecified atom stereocenters. The van der Waals surface area contributed by atoms with Gasteiger partial charge in [0.2, 0.25) is 5.91 Å². The average molecular weight is 252 g/mol. The van der Waals surface area contributed by atoms with Crippen LogP contribution < -0.4 is 10.2 Å². The van der Waals surface area contributed by atoms with E-state index in [-0.39, 0.29) is 5.91 Å². The second kappa shape index (κ2) is 5.35. The van der Waals surface area contributed by atoms with Crippen molar-refractivity contribution in [2.24, 2.45) is 0 Å². The Bertz CT molecular complexity index is 424. The number of anilines is 2. The molecule has 92 valence electrons. The molecule has 0 bridgehead atoms. The van der Waals surface area contributed by atoms with Crippen LogP contribution in [0.5, 0.6) is 0 Å². The number of hydrogen-bond acceptors (Lipinski definition) is 5. The van der Waals surface area contributed by atoms with Crippen LogP contribution in [-0.4, -0.2) is 35.2 Å². The fourth-order valence-corrected chi connectivity index (χ4v) is 2.43. The van der Waals surface area contributed by atoms with E-state index in [4.69, 9.17) is 0 Å². The molecule has 0 saturated carbocycles. The molecule has 0 saturated heterocycles. The third-order valence-electron chi connectivity index (χ3n) is 2.61. The van der Waals surface area contributed by atoms with Crippen LogP contribution in [0.3, 0.4) is 0 Å². The van der Waals surface area contributed by atoms with Crippen molar-refractivity contribution in [3.63, 3.8) is 0 Å². The zero-order valence-electron chi connectivity index (χ0n) is 10.1. The van der Waals surface area contributed by atoms with Gasteiger partial charge in [-0.1, -0.05) is 25.1 Å². The Labute approximate surface area is 105 Å². The quantitative estimate of drug-likeness (QED) is 0.827. The van der Waals surface area contributed by atoms with E-state index in [0.717, 1.165) is 35.9 Å². The van der Waals surface area contributed by atoms with Crippen molar-refractivity contribution in [2.75, 3.05) is 29.6 Å². The number of nitrogens with one attached hydrogen (secondary N) is 1. The number of fused-ring (bicyclic) bond motifs is 1. The summed E-state index contributed by atoms with van der Waals surface area (Å²) in [5.74, 6) is 1.26. The van der Waals surface area contributed by atoms with Gasteiger partial charge >= 0.3 is 0 Å². The van der Waals surface area contributed by atoms with Crippen LogP contribution in [-0.2, 0) is 4.79 Å². The Morgan fingerprint density at radius 1 is 1.53 bits per heavy atom. The highest BCUT2D eigenvalue weighted by atomic mass is 32.2. The number of rotatable bonds is 4. The summed E-state index contributed by atoms with van der Waals surface area (Å²) < 4.78 is 0. The summed E-state index contributed by atoms with van der Waals surface area (Å²) >= 11 is 1.46. The monoisotopic (exact) mass is 252 g/mol. The highest BCUT2D eigenvalue weighted by molar-refractivity contribution is 8.00. The van der Waals surface area contributed by atoms with Gasteiger partial charge in [0.1, 0.15) is 17.0 Å². The number of carbonyl (C=O) groups excluding carboxylic acids is 1. The number of nitrogens with zero attached hydrogens (tertiary/aromatic N) is 3. The molecular formula is C11H16N4OS. The number of amides is 1. The van der Waals surface area contributed by atoms with Crippen LogP contribution in [0.1, 0.15) is 19.8 Å². The van der Waals surface area contributed by atoms with Crippen molar-refractivity contribution >= 4 is 29.2 Å². The predicted molar refractivity (Wildman–Crippen MR) is 69.6 cm³/mol. The van der Waals surface area contributed by atoms with Crippen LogP contribution >= 0.6 is 11.8 Å². The van der Waals surface area contributed by atoms with E-state index in [9.17, 15) is 4.79 Å². The van der Waals surface area contributed by atoms with Crippen molar-refractivity contribution in [3.8, 4) is 0 Å². The fraction of sp³-hybridized carbons (Fsp3) is 0.545. The van der Waals surface area contributed by atoms with E-state index in [2.05, 4.69) is 27.1 Å². The van der Waals surface area contributed by atoms with Crippen LogP contribution in [0.15, 0.2) is 11.4 Å². The summed E-state index contributed by atoms with van der Waals surface area (Å²) in [5.41, 5.74) is 0.757. The zero-order valence-corrected chi connectivity index (χ0v) is 10.9. The van der Waals surface area contributed by atoms with Gasteiger partial charge < -0.3 is 10.2 Å². The number of aromatic nitrogens is 2. The van der Waals surface area contributed by atoms with Crippen molar-refractivity contribution < 1.29 is 4.79 Å². The molecule has 1 amide bonds. The predicted octanol–water partition coefficient (Wildman–Crippen LogP) is 1.76. The maximum Gasteiger partial charge on any atom is 0.234 e. The molecule has 5 nitrogen and oxygen atoms in total. The first-order valence-electron chi connectivity index (χ1n) is 5.71. The first-order valence-corrected chi connectivity index (χ1v) is 6.69. The minimum atomic E-state index is 0.0161. The smallest absolute Gasteiger partial charge is 0.234 e. The maximum absolute atomic E-state index is 11.4. The molecule has 17 heavy (non-hydrogen) atoms. The average Bonchev–Trinajstić information content (AvgIpc) is 2.35. The third kappa shape index (κ3) is 2.69. The maximum atomic E-state index is 11.4. The lowest BCUT2D eigenvalue weighted by atomic mass is 10.3. The molecule has 1 aliphatic rings. The number of hydrogen-bond donors (Lipinski definition) is 1. The lowest BCUT2D eigenvalue weighted by molar-refractivity contribution is -0.113. The Morgan fingerprint density at radius 2 is 2.35 bits per heavy atom.